The molecule has 0 atom stereocenters. The summed E-state index contributed by atoms with van der Waals surface area (Å²) in [4.78, 5) is 17.1. The number of methoxy groups -OCH3 is 1. The molecule has 1 aliphatic rings. The minimum Gasteiger partial charge on any atom is -0.507 e. The van der Waals surface area contributed by atoms with Crippen LogP contribution in [0.1, 0.15) is 41.3 Å². The number of phenols is 1. The van der Waals surface area contributed by atoms with Gasteiger partial charge in [-0.2, -0.15) is 0 Å². The molecule has 0 aromatic heterocycles. The average molecular weight is 383 g/mol. The van der Waals surface area contributed by atoms with Crippen molar-refractivity contribution in [2.24, 2.45) is 0 Å². The number of hydrogen-bond acceptors (Lipinski definition) is 4. The van der Waals surface area contributed by atoms with Crippen molar-refractivity contribution in [2.75, 3.05) is 39.8 Å². The minimum absolute atomic E-state index is 0.0661. The van der Waals surface area contributed by atoms with Crippen LogP contribution < -0.4 is 4.74 Å². The number of phenolic OH excluding ortho intramolecular Hbond substituents is 1. The summed E-state index contributed by atoms with van der Waals surface area (Å²) in [6.45, 7) is 8.23. The molecule has 5 heteroatoms. The van der Waals surface area contributed by atoms with E-state index < -0.39 is 0 Å². The Morgan fingerprint density at radius 1 is 1.07 bits per heavy atom. The summed E-state index contributed by atoms with van der Waals surface area (Å²) in [5.41, 5.74) is 2.77. The number of carbonyl (C=O) groups is 1. The van der Waals surface area contributed by atoms with E-state index in [1.165, 1.54) is 5.56 Å². The molecule has 5 nitrogen and oxygen atoms in total. The van der Waals surface area contributed by atoms with Crippen LogP contribution in [0.5, 0.6) is 11.5 Å². The molecular weight excluding hydrogens is 352 g/mol. The molecular formula is C23H30N2O3. The number of aromatic hydroxyl groups is 1. The fourth-order valence-corrected chi connectivity index (χ4v) is 3.51. The second-order valence-corrected chi connectivity index (χ2v) is 7.66. The highest BCUT2D eigenvalue weighted by Crippen LogP contribution is 2.25. The average Bonchev–Trinajstić information content (AvgIpc) is 2.72. The van der Waals surface area contributed by atoms with Gasteiger partial charge in [0.15, 0.2) is 0 Å². The van der Waals surface area contributed by atoms with Gasteiger partial charge in [-0.15, -0.1) is 0 Å². The van der Waals surface area contributed by atoms with Crippen molar-refractivity contribution in [3.05, 3.63) is 59.2 Å². The predicted molar refractivity (Wildman–Crippen MR) is 111 cm³/mol. The number of hydrogen-bond donors (Lipinski definition) is 1. The van der Waals surface area contributed by atoms with E-state index in [0.717, 1.165) is 37.4 Å². The molecule has 0 saturated carbocycles. The molecule has 2 aromatic carbocycles. The first-order chi connectivity index (χ1) is 13.5. The highest BCUT2D eigenvalue weighted by atomic mass is 16.5. The lowest BCUT2D eigenvalue weighted by Gasteiger charge is -2.35. The first-order valence-corrected chi connectivity index (χ1v) is 9.95. The molecule has 28 heavy (non-hydrogen) atoms. The van der Waals surface area contributed by atoms with Crippen LogP contribution in [0.2, 0.25) is 0 Å². The monoisotopic (exact) mass is 382 g/mol. The van der Waals surface area contributed by atoms with Gasteiger partial charge in [0.1, 0.15) is 11.5 Å². The van der Waals surface area contributed by atoms with E-state index in [9.17, 15) is 9.90 Å². The molecule has 3 rings (SSSR count). The molecule has 1 heterocycles. The van der Waals surface area contributed by atoms with Crippen LogP contribution >= 0.6 is 0 Å². The summed E-state index contributed by atoms with van der Waals surface area (Å²) < 4.78 is 5.20. The highest BCUT2D eigenvalue weighted by molar-refractivity contribution is 5.97. The molecule has 0 aliphatic carbocycles. The van der Waals surface area contributed by atoms with Gasteiger partial charge >= 0.3 is 0 Å². The van der Waals surface area contributed by atoms with Gasteiger partial charge in [0.2, 0.25) is 0 Å². The topological polar surface area (TPSA) is 53.0 Å². The van der Waals surface area contributed by atoms with Gasteiger partial charge in [0.25, 0.3) is 5.91 Å². The van der Waals surface area contributed by atoms with Crippen LogP contribution in [0.15, 0.2) is 42.5 Å². The van der Waals surface area contributed by atoms with E-state index in [1.54, 1.807) is 13.2 Å². The number of rotatable bonds is 6. The number of benzene rings is 2. The quantitative estimate of drug-likeness (QED) is 0.831. The van der Waals surface area contributed by atoms with Gasteiger partial charge in [-0.1, -0.05) is 32.0 Å². The van der Waals surface area contributed by atoms with Gasteiger partial charge in [-0.25, -0.2) is 0 Å². The third-order valence-electron chi connectivity index (χ3n) is 5.45. The summed E-state index contributed by atoms with van der Waals surface area (Å²) in [6.07, 6.45) is 0.981. The van der Waals surface area contributed by atoms with Crippen LogP contribution in [0.3, 0.4) is 0 Å². The van der Waals surface area contributed by atoms with Crippen LogP contribution in [0, 0.1) is 0 Å². The second kappa shape index (κ2) is 9.11. The number of ether oxygens (including phenoxy) is 1. The first kappa shape index (κ1) is 20.2. The standard InChI is InChI=1S/C23H30N2O3/c1-17(2)19-6-9-22(26)21(16-19)23(27)25-14-12-24(13-15-25)11-10-18-4-7-20(28-3)8-5-18/h4-9,16-17,26H,10-15H2,1-3H3. The van der Waals surface area contributed by atoms with Crippen molar-refractivity contribution in [3.63, 3.8) is 0 Å². The summed E-state index contributed by atoms with van der Waals surface area (Å²) in [5.74, 6) is 1.19. The zero-order valence-electron chi connectivity index (χ0n) is 17.0. The van der Waals surface area contributed by atoms with E-state index in [4.69, 9.17) is 4.74 Å². The normalized spacial score (nSPS) is 15.1. The maximum Gasteiger partial charge on any atom is 0.257 e. The molecule has 0 radical (unpaired) electrons. The van der Waals surface area contributed by atoms with Crippen LogP contribution in [-0.2, 0) is 6.42 Å². The van der Waals surface area contributed by atoms with Crippen molar-refractivity contribution in [1.29, 1.82) is 0 Å². The smallest absolute Gasteiger partial charge is 0.257 e. The lowest BCUT2D eigenvalue weighted by atomic mass is 9.99. The highest BCUT2D eigenvalue weighted by Gasteiger charge is 2.24. The lowest BCUT2D eigenvalue weighted by molar-refractivity contribution is 0.0635. The predicted octanol–water partition coefficient (Wildman–Crippen LogP) is 3.52. The van der Waals surface area contributed by atoms with Crippen molar-refractivity contribution < 1.29 is 14.6 Å². The second-order valence-electron chi connectivity index (χ2n) is 7.66. The Labute approximate surface area is 167 Å². The van der Waals surface area contributed by atoms with Crippen molar-refractivity contribution >= 4 is 5.91 Å². The van der Waals surface area contributed by atoms with Crippen molar-refractivity contribution in [1.82, 2.24) is 9.80 Å². The maximum absolute atomic E-state index is 12.9. The Morgan fingerprint density at radius 2 is 1.75 bits per heavy atom. The van der Waals surface area contributed by atoms with Gasteiger partial charge in [-0.05, 0) is 47.7 Å². The Morgan fingerprint density at radius 3 is 2.36 bits per heavy atom. The summed E-state index contributed by atoms with van der Waals surface area (Å²) in [7, 11) is 1.68. The molecule has 0 spiro atoms. The molecule has 1 fully saturated rings. The fraction of sp³-hybridized carbons (Fsp3) is 0.435. The number of nitrogens with zero attached hydrogens (tertiary/aromatic N) is 2. The van der Waals surface area contributed by atoms with Crippen LogP contribution in [0.4, 0.5) is 0 Å². The summed E-state index contributed by atoms with van der Waals surface area (Å²) in [6, 6.07) is 13.5. The number of amides is 1. The van der Waals surface area contributed by atoms with E-state index in [0.29, 0.717) is 24.6 Å². The molecule has 0 unspecified atom stereocenters. The van der Waals surface area contributed by atoms with E-state index >= 15 is 0 Å². The van der Waals surface area contributed by atoms with Crippen molar-refractivity contribution in [3.8, 4) is 11.5 Å². The van der Waals surface area contributed by atoms with E-state index in [2.05, 4.69) is 30.9 Å². The Balaban J connectivity index is 1.53. The summed E-state index contributed by atoms with van der Waals surface area (Å²) >= 11 is 0. The van der Waals surface area contributed by atoms with Crippen LogP contribution in [0.25, 0.3) is 0 Å². The number of piperazine rings is 1. The molecule has 1 aliphatic heterocycles. The molecule has 0 bridgehead atoms. The SMILES string of the molecule is COc1ccc(CCN2CCN(C(=O)c3cc(C(C)C)ccc3O)CC2)cc1. The largest absolute Gasteiger partial charge is 0.507 e. The molecule has 1 N–H and O–H groups in total. The Kier molecular flexibility index (Phi) is 6.57. The van der Waals surface area contributed by atoms with E-state index in [1.807, 2.05) is 29.2 Å². The lowest BCUT2D eigenvalue weighted by Crippen LogP contribution is -2.49. The Bertz CT molecular complexity index is 794. The molecule has 1 saturated heterocycles. The van der Waals surface area contributed by atoms with Gasteiger partial charge < -0.3 is 14.7 Å². The van der Waals surface area contributed by atoms with Crippen molar-refractivity contribution in [2.45, 2.75) is 26.2 Å². The fourth-order valence-electron chi connectivity index (χ4n) is 3.51. The zero-order chi connectivity index (χ0) is 20.1. The first-order valence-electron chi connectivity index (χ1n) is 9.95. The third-order valence-corrected chi connectivity index (χ3v) is 5.45. The third kappa shape index (κ3) is 4.84. The molecule has 2 aromatic rings. The Hall–Kier alpha value is -2.53. The van der Waals surface area contributed by atoms with Crippen LogP contribution in [-0.4, -0.2) is 60.6 Å². The maximum atomic E-state index is 12.9. The van der Waals surface area contributed by atoms with E-state index in [-0.39, 0.29) is 11.7 Å². The van der Waals surface area contributed by atoms with Gasteiger partial charge in [0.05, 0.1) is 12.7 Å². The molecule has 1 amide bonds. The molecule has 150 valence electrons. The number of carbonyl (C=O) groups excluding carboxylic acids is 1. The minimum atomic E-state index is -0.0743. The van der Waals surface area contributed by atoms with Gasteiger partial charge in [0, 0.05) is 32.7 Å². The zero-order valence-corrected chi connectivity index (χ0v) is 17.0. The van der Waals surface area contributed by atoms with Gasteiger partial charge in [-0.3, -0.25) is 9.69 Å². The summed E-state index contributed by atoms with van der Waals surface area (Å²) in [5, 5.41) is 10.2.